The van der Waals surface area contributed by atoms with Gasteiger partial charge in [0, 0.05) is 20.1 Å². The van der Waals surface area contributed by atoms with E-state index in [2.05, 4.69) is 17.1 Å². The molecule has 1 aliphatic heterocycles. The molecule has 1 aliphatic rings. The third kappa shape index (κ3) is 3.37. The van der Waals surface area contributed by atoms with Gasteiger partial charge < -0.3 is 4.90 Å². The summed E-state index contributed by atoms with van der Waals surface area (Å²) in [5.74, 6) is 0.0805. The van der Waals surface area contributed by atoms with E-state index in [1.807, 2.05) is 42.2 Å². The number of para-hydroxylation sites is 1. The van der Waals surface area contributed by atoms with Gasteiger partial charge in [0.2, 0.25) is 5.91 Å². The smallest absolute Gasteiger partial charge is 0.261 e. The first-order valence-electron chi connectivity index (χ1n) is 9.02. The minimum atomic E-state index is -0.311. The fourth-order valence-corrected chi connectivity index (χ4v) is 4.41. The molecule has 1 unspecified atom stereocenters. The molecule has 2 aromatic carbocycles. The Morgan fingerprint density at radius 2 is 1.81 bits per heavy atom. The quantitative estimate of drug-likeness (QED) is 0.519. The van der Waals surface area contributed by atoms with E-state index in [4.69, 9.17) is 0 Å². The van der Waals surface area contributed by atoms with Crippen LogP contribution in [0.2, 0.25) is 0 Å². The van der Waals surface area contributed by atoms with Crippen molar-refractivity contribution in [2.75, 3.05) is 6.54 Å². The molecule has 0 saturated heterocycles. The lowest BCUT2D eigenvalue weighted by Gasteiger charge is -2.30. The molecule has 27 heavy (non-hydrogen) atoms. The van der Waals surface area contributed by atoms with Crippen molar-refractivity contribution in [3.8, 4) is 0 Å². The molecular formula is C21H21N3O2S. The number of hydrogen-bond donors (Lipinski definition) is 0. The summed E-state index contributed by atoms with van der Waals surface area (Å²) in [5, 5.41) is 0.849. The van der Waals surface area contributed by atoms with Crippen LogP contribution >= 0.6 is 11.8 Å². The van der Waals surface area contributed by atoms with Crippen molar-refractivity contribution in [3.05, 3.63) is 70.0 Å². The van der Waals surface area contributed by atoms with Crippen LogP contribution in [0.4, 0.5) is 0 Å². The minimum absolute atomic E-state index is 0.0805. The maximum atomic E-state index is 13.0. The number of benzene rings is 2. The molecule has 0 aliphatic carbocycles. The van der Waals surface area contributed by atoms with Gasteiger partial charge in [-0.2, -0.15) is 0 Å². The Hall–Kier alpha value is -2.60. The van der Waals surface area contributed by atoms with Crippen LogP contribution in [0.15, 0.2) is 58.5 Å². The molecule has 0 spiro atoms. The summed E-state index contributed by atoms with van der Waals surface area (Å²) in [5.41, 5.74) is 3.11. The molecule has 0 saturated carbocycles. The van der Waals surface area contributed by atoms with Gasteiger partial charge in [-0.1, -0.05) is 48.2 Å². The summed E-state index contributed by atoms with van der Waals surface area (Å²) in [7, 11) is 1.71. The van der Waals surface area contributed by atoms with Crippen molar-refractivity contribution in [2.24, 2.45) is 7.05 Å². The average Bonchev–Trinajstić information content (AvgIpc) is 2.70. The second-order valence-electron chi connectivity index (χ2n) is 6.81. The summed E-state index contributed by atoms with van der Waals surface area (Å²) in [6.07, 6.45) is 0.881. The van der Waals surface area contributed by atoms with Crippen LogP contribution in [-0.4, -0.2) is 32.2 Å². The van der Waals surface area contributed by atoms with E-state index in [9.17, 15) is 9.59 Å². The summed E-state index contributed by atoms with van der Waals surface area (Å²) >= 11 is 1.34. The molecule has 138 valence electrons. The van der Waals surface area contributed by atoms with E-state index in [0.29, 0.717) is 22.6 Å². The maximum absolute atomic E-state index is 13.0. The molecule has 0 radical (unpaired) electrons. The molecule has 1 aromatic heterocycles. The van der Waals surface area contributed by atoms with E-state index < -0.39 is 0 Å². The monoisotopic (exact) mass is 379 g/mol. The first kappa shape index (κ1) is 17.8. The van der Waals surface area contributed by atoms with Crippen LogP contribution in [-0.2, 0) is 24.8 Å². The van der Waals surface area contributed by atoms with Crippen molar-refractivity contribution in [2.45, 2.75) is 30.3 Å². The largest absolute Gasteiger partial charge is 0.337 e. The third-order valence-electron chi connectivity index (χ3n) is 5.01. The van der Waals surface area contributed by atoms with Crippen LogP contribution in [0, 0.1) is 0 Å². The van der Waals surface area contributed by atoms with Gasteiger partial charge in [-0.25, -0.2) is 4.98 Å². The predicted octanol–water partition coefficient (Wildman–Crippen LogP) is 3.00. The van der Waals surface area contributed by atoms with Crippen LogP contribution in [0.3, 0.4) is 0 Å². The van der Waals surface area contributed by atoms with Crippen LogP contribution in [0.1, 0.15) is 18.1 Å². The van der Waals surface area contributed by atoms with E-state index in [-0.39, 0.29) is 16.7 Å². The number of thioether (sulfide) groups is 1. The number of amides is 1. The number of hydrogen-bond acceptors (Lipinski definition) is 4. The number of carbonyl (C=O) groups excluding carboxylic acids is 1. The second-order valence-corrected chi connectivity index (χ2v) is 8.12. The Morgan fingerprint density at radius 3 is 2.63 bits per heavy atom. The van der Waals surface area contributed by atoms with Crippen molar-refractivity contribution < 1.29 is 4.79 Å². The standard InChI is InChI=1S/C21H21N3O2S/c1-14(19(25)24-12-11-15-7-3-4-8-16(15)13-24)27-21-22-18-10-6-5-9-17(18)20(26)23(21)2/h3-10,14H,11-13H2,1-2H3. The molecule has 6 heteroatoms. The van der Waals surface area contributed by atoms with E-state index >= 15 is 0 Å². The number of carbonyl (C=O) groups is 1. The van der Waals surface area contributed by atoms with Crippen molar-refractivity contribution in [1.82, 2.24) is 14.5 Å². The highest BCUT2D eigenvalue weighted by Gasteiger charge is 2.26. The predicted molar refractivity (Wildman–Crippen MR) is 108 cm³/mol. The Bertz CT molecular complexity index is 1080. The lowest BCUT2D eigenvalue weighted by Crippen LogP contribution is -2.40. The normalized spacial score (nSPS) is 14.8. The highest BCUT2D eigenvalue weighted by molar-refractivity contribution is 8.00. The summed E-state index contributed by atoms with van der Waals surface area (Å²) in [4.78, 5) is 32.0. The number of aromatic nitrogens is 2. The van der Waals surface area contributed by atoms with Gasteiger partial charge in [0.1, 0.15) is 0 Å². The molecule has 0 fully saturated rings. The highest BCUT2D eigenvalue weighted by Crippen LogP contribution is 2.26. The van der Waals surface area contributed by atoms with Gasteiger partial charge in [-0.15, -0.1) is 0 Å². The van der Waals surface area contributed by atoms with Gasteiger partial charge in [0.15, 0.2) is 5.16 Å². The van der Waals surface area contributed by atoms with Crippen molar-refractivity contribution >= 4 is 28.6 Å². The summed E-state index contributed by atoms with van der Waals surface area (Å²) < 4.78 is 1.53. The SMILES string of the molecule is CC(Sc1nc2ccccc2c(=O)n1C)C(=O)N1CCc2ccccc2C1. The lowest BCUT2D eigenvalue weighted by molar-refractivity contribution is -0.131. The van der Waals surface area contributed by atoms with Crippen LogP contribution in [0.25, 0.3) is 10.9 Å². The first-order chi connectivity index (χ1) is 13.0. The van der Waals surface area contributed by atoms with Crippen molar-refractivity contribution in [1.29, 1.82) is 0 Å². The van der Waals surface area contributed by atoms with Gasteiger partial charge in [-0.3, -0.25) is 14.2 Å². The molecule has 0 bridgehead atoms. The van der Waals surface area contributed by atoms with E-state index in [1.54, 1.807) is 13.1 Å². The topological polar surface area (TPSA) is 55.2 Å². The van der Waals surface area contributed by atoms with Crippen LogP contribution < -0.4 is 5.56 Å². The van der Waals surface area contributed by atoms with E-state index in [0.717, 1.165) is 13.0 Å². The van der Waals surface area contributed by atoms with Gasteiger partial charge >= 0.3 is 0 Å². The Morgan fingerprint density at radius 1 is 1.11 bits per heavy atom. The fraction of sp³-hybridized carbons (Fsp3) is 0.286. The first-order valence-corrected chi connectivity index (χ1v) is 9.90. The maximum Gasteiger partial charge on any atom is 0.261 e. The summed E-state index contributed by atoms with van der Waals surface area (Å²) in [6, 6.07) is 15.6. The molecular weight excluding hydrogens is 358 g/mol. The van der Waals surface area contributed by atoms with E-state index in [1.165, 1.54) is 27.5 Å². The lowest BCUT2D eigenvalue weighted by atomic mass is 10.00. The molecule has 1 amide bonds. The molecule has 4 rings (SSSR count). The van der Waals surface area contributed by atoms with Gasteiger partial charge in [-0.05, 0) is 36.6 Å². The molecule has 1 atom stereocenters. The molecule has 5 nitrogen and oxygen atoms in total. The summed E-state index contributed by atoms with van der Waals surface area (Å²) in [6.45, 7) is 3.25. The molecule has 2 heterocycles. The number of fused-ring (bicyclic) bond motifs is 2. The Kier molecular flexibility index (Phi) is 4.74. The van der Waals surface area contributed by atoms with Crippen molar-refractivity contribution in [3.63, 3.8) is 0 Å². The Balaban J connectivity index is 1.55. The van der Waals surface area contributed by atoms with Crippen LogP contribution in [0.5, 0.6) is 0 Å². The molecule has 3 aromatic rings. The van der Waals surface area contributed by atoms with Gasteiger partial charge in [0.05, 0.1) is 16.2 Å². The Labute approximate surface area is 162 Å². The zero-order chi connectivity index (χ0) is 19.0. The second kappa shape index (κ2) is 7.19. The average molecular weight is 379 g/mol. The molecule has 0 N–H and O–H groups in total. The number of nitrogens with zero attached hydrogens (tertiary/aromatic N) is 3. The third-order valence-corrected chi connectivity index (χ3v) is 6.15. The highest BCUT2D eigenvalue weighted by atomic mass is 32.2. The zero-order valence-corrected chi connectivity index (χ0v) is 16.2. The number of rotatable bonds is 3. The fourth-order valence-electron chi connectivity index (χ4n) is 3.45. The minimum Gasteiger partial charge on any atom is -0.337 e. The van der Waals surface area contributed by atoms with Gasteiger partial charge in [0.25, 0.3) is 5.56 Å². The zero-order valence-electron chi connectivity index (χ0n) is 15.4.